The summed E-state index contributed by atoms with van der Waals surface area (Å²) in [7, 11) is 0. The van der Waals surface area contributed by atoms with Crippen molar-refractivity contribution in [3.8, 4) is 17.2 Å². The Hall–Kier alpha value is -3.75. The van der Waals surface area contributed by atoms with E-state index in [9.17, 15) is 14.4 Å². The van der Waals surface area contributed by atoms with Crippen LogP contribution in [0.3, 0.4) is 0 Å². The number of benzene rings is 2. The first-order valence-electron chi connectivity index (χ1n) is 11.1. The van der Waals surface area contributed by atoms with Gasteiger partial charge in [-0.1, -0.05) is 12.1 Å². The molecule has 1 fully saturated rings. The highest BCUT2D eigenvalue weighted by molar-refractivity contribution is 5.98. The van der Waals surface area contributed by atoms with Crippen LogP contribution in [0.5, 0.6) is 17.2 Å². The van der Waals surface area contributed by atoms with E-state index in [2.05, 4.69) is 5.32 Å². The van der Waals surface area contributed by atoms with Crippen molar-refractivity contribution in [2.75, 3.05) is 43.3 Å². The molecule has 0 unspecified atom stereocenters. The second kappa shape index (κ2) is 9.01. The van der Waals surface area contributed by atoms with Gasteiger partial charge in [0.15, 0.2) is 18.1 Å². The molecular formula is C24H25N3O6. The second-order valence-electron chi connectivity index (χ2n) is 8.26. The van der Waals surface area contributed by atoms with Crippen LogP contribution < -0.4 is 24.4 Å². The highest BCUT2D eigenvalue weighted by Crippen LogP contribution is 2.35. The Kier molecular flexibility index (Phi) is 5.77. The summed E-state index contributed by atoms with van der Waals surface area (Å²) in [5.74, 6) is 1.56. The molecule has 3 aliphatic heterocycles. The number of hydrogen-bond acceptors (Lipinski definition) is 6. The van der Waals surface area contributed by atoms with Gasteiger partial charge in [0.25, 0.3) is 5.91 Å². The predicted octanol–water partition coefficient (Wildman–Crippen LogP) is 2.41. The number of likely N-dealkylation sites (tertiary alicyclic amines) is 1. The quantitative estimate of drug-likeness (QED) is 0.750. The van der Waals surface area contributed by atoms with E-state index >= 15 is 0 Å². The van der Waals surface area contributed by atoms with Gasteiger partial charge >= 0.3 is 0 Å². The number of para-hydroxylation sites is 2. The summed E-state index contributed by atoms with van der Waals surface area (Å²) in [6.45, 7) is 1.51. The first-order valence-corrected chi connectivity index (χ1v) is 11.1. The topological polar surface area (TPSA) is 97.4 Å². The van der Waals surface area contributed by atoms with Gasteiger partial charge in [-0.05, 0) is 37.1 Å². The second-order valence-corrected chi connectivity index (χ2v) is 8.26. The maximum Gasteiger partial charge on any atom is 0.265 e. The highest BCUT2D eigenvalue weighted by atomic mass is 16.7. The van der Waals surface area contributed by atoms with Gasteiger partial charge in [-0.2, -0.15) is 0 Å². The smallest absolute Gasteiger partial charge is 0.265 e. The first-order chi connectivity index (χ1) is 16.1. The Labute approximate surface area is 191 Å². The molecule has 3 heterocycles. The van der Waals surface area contributed by atoms with Crippen LogP contribution >= 0.6 is 0 Å². The summed E-state index contributed by atoms with van der Waals surface area (Å²) in [5.41, 5.74) is 1.36. The standard InChI is InChI=1S/C24H25N3O6/c28-22(9-12-27-18-3-1-2-4-19(18)31-14-23(27)29)26-10-7-16(8-11-26)24(30)25-17-5-6-20-21(13-17)33-15-32-20/h1-6,13,16H,7-12,14-15H2,(H,25,30). The third-order valence-corrected chi connectivity index (χ3v) is 6.22. The minimum absolute atomic E-state index is 0.0126. The number of carbonyl (C=O) groups is 3. The zero-order chi connectivity index (χ0) is 22.8. The van der Waals surface area contributed by atoms with Gasteiger partial charge in [0.05, 0.1) is 5.69 Å². The van der Waals surface area contributed by atoms with Crippen molar-refractivity contribution in [2.45, 2.75) is 19.3 Å². The number of rotatable bonds is 5. The van der Waals surface area contributed by atoms with Gasteiger partial charge in [0.1, 0.15) is 5.75 Å². The SMILES string of the molecule is O=C(Nc1ccc2c(c1)OCO2)C1CCN(C(=O)CCN2C(=O)COc3ccccc32)CC1. The number of amides is 3. The van der Waals surface area contributed by atoms with Gasteiger partial charge in [-0.15, -0.1) is 0 Å². The van der Waals surface area contributed by atoms with E-state index in [0.29, 0.717) is 61.1 Å². The van der Waals surface area contributed by atoms with Crippen LogP contribution in [0.4, 0.5) is 11.4 Å². The molecule has 0 bridgehead atoms. The molecule has 3 aliphatic rings. The Morgan fingerprint density at radius 3 is 2.61 bits per heavy atom. The van der Waals surface area contributed by atoms with Crippen molar-refractivity contribution in [3.63, 3.8) is 0 Å². The first kappa shape index (κ1) is 21.1. The third kappa shape index (κ3) is 4.44. The number of nitrogens with one attached hydrogen (secondary N) is 1. The fourth-order valence-corrected chi connectivity index (χ4v) is 4.37. The van der Waals surface area contributed by atoms with Gasteiger partial charge in [-0.25, -0.2) is 0 Å². The molecule has 2 aromatic rings. The number of carbonyl (C=O) groups excluding carboxylic acids is 3. The molecule has 2 aromatic carbocycles. The number of hydrogen-bond donors (Lipinski definition) is 1. The van der Waals surface area contributed by atoms with Crippen LogP contribution in [0.15, 0.2) is 42.5 Å². The summed E-state index contributed by atoms with van der Waals surface area (Å²) < 4.78 is 16.1. The molecule has 0 saturated carbocycles. The van der Waals surface area contributed by atoms with Crippen molar-refractivity contribution in [2.24, 2.45) is 5.92 Å². The van der Waals surface area contributed by atoms with Crippen LogP contribution in [0.1, 0.15) is 19.3 Å². The minimum Gasteiger partial charge on any atom is -0.482 e. The summed E-state index contributed by atoms with van der Waals surface area (Å²) in [4.78, 5) is 41.1. The summed E-state index contributed by atoms with van der Waals surface area (Å²) in [6, 6.07) is 12.6. The third-order valence-electron chi connectivity index (χ3n) is 6.22. The van der Waals surface area contributed by atoms with E-state index in [1.54, 1.807) is 28.0 Å². The van der Waals surface area contributed by atoms with Gasteiger partial charge in [-0.3, -0.25) is 14.4 Å². The van der Waals surface area contributed by atoms with Crippen LogP contribution in [0, 0.1) is 5.92 Å². The molecule has 0 atom stereocenters. The largest absolute Gasteiger partial charge is 0.482 e. The molecule has 1 saturated heterocycles. The van der Waals surface area contributed by atoms with E-state index in [0.717, 1.165) is 0 Å². The van der Waals surface area contributed by atoms with Crippen LogP contribution in [-0.2, 0) is 14.4 Å². The fraction of sp³-hybridized carbons (Fsp3) is 0.375. The normalized spacial score (nSPS) is 17.4. The van der Waals surface area contributed by atoms with Crippen LogP contribution in [-0.4, -0.2) is 55.7 Å². The summed E-state index contributed by atoms with van der Waals surface area (Å²) in [6.07, 6.45) is 1.43. The van der Waals surface area contributed by atoms with Crippen molar-refractivity contribution < 1.29 is 28.6 Å². The zero-order valence-electron chi connectivity index (χ0n) is 18.1. The molecule has 9 nitrogen and oxygen atoms in total. The van der Waals surface area contributed by atoms with Gasteiger partial charge < -0.3 is 29.3 Å². The number of ether oxygens (including phenoxy) is 3. The van der Waals surface area contributed by atoms with E-state index in [-0.39, 0.29) is 43.5 Å². The van der Waals surface area contributed by atoms with Crippen molar-refractivity contribution in [1.82, 2.24) is 4.90 Å². The van der Waals surface area contributed by atoms with E-state index in [1.807, 2.05) is 24.3 Å². The van der Waals surface area contributed by atoms with E-state index in [1.165, 1.54) is 0 Å². The average molecular weight is 451 g/mol. The number of fused-ring (bicyclic) bond motifs is 2. The highest BCUT2D eigenvalue weighted by Gasteiger charge is 2.30. The van der Waals surface area contributed by atoms with E-state index < -0.39 is 0 Å². The van der Waals surface area contributed by atoms with Crippen LogP contribution in [0.2, 0.25) is 0 Å². The average Bonchev–Trinajstić information content (AvgIpc) is 3.31. The maximum absolute atomic E-state index is 12.8. The summed E-state index contributed by atoms with van der Waals surface area (Å²) in [5, 5.41) is 2.93. The molecule has 0 radical (unpaired) electrons. The molecule has 33 heavy (non-hydrogen) atoms. The molecule has 0 aromatic heterocycles. The predicted molar refractivity (Wildman–Crippen MR) is 119 cm³/mol. The minimum atomic E-state index is -0.160. The molecule has 0 spiro atoms. The Balaban J connectivity index is 1.11. The molecule has 172 valence electrons. The number of nitrogens with zero attached hydrogens (tertiary/aromatic N) is 2. The molecule has 0 aliphatic carbocycles. The van der Waals surface area contributed by atoms with Crippen molar-refractivity contribution in [1.29, 1.82) is 0 Å². The Morgan fingerprint density at radius 2 is 1.76 bits per heavy atom. The van der Waals surface area contributed by atoms with Gasteiger partial charge in [0, 0.05) is 43.7 Å². The fourth-order valence-electron chi connectivity index (χ4n) is 4.37. The zero-order valence-corrected chi connectivity index (χ0v) is 18.1. The lowest BCUT2D eigenvalue weighted by Gasteiger charge is -2.33. The Morgan fingerprint density at radius 1 is 0.970 bits per heavy atom. The van der Waals surface area contributed by atoms with Gasteiger partial charge in [0.2, 0.25) is 18.6 Å². The van der Waals surface area contributed by atoms with Crippen molar-refractivity contribution >= 4 is 29.1 Å². The molecule has 3 amide bonds. The Bertz CT molecular complexity index is 1080. The molecule has 5 rings (SSSR count). The lowest BCUT2D eigenvalue weighted by atomic mass is 9.95. The van der Waals surface area contributed by atoms with Crippen LogP contribution in [0.25, 0.3) is 0 Å². The molecular weight excluding hydrogens is 426 g/mol. The monoisotopic (exact) mass is 451 g/mol. The van der Waals surface area contributed by atoms with Crippen molar-refractivity contribution in [3.05, 3.63) is 42.5 Å². The lowest BCUT2D eigenvalue weighted by Crippen LogP contribution is -2.44. The molecule has 1 N–H and O–H groups in total. The number of piperidine rings is 1. The lowest BCUT2D eigenvalue weighted by molar-refractivity contribution is -0.134. The van der Waals surface area contributed by atoms with E-state index in [4.69, 9.17) is 14.2 Å². The maximum atomic E-state index is 12.8. The number of anilines is 2. The molecule has 9 heteroatoms. The summed E-state index contributed by atoms with van der Waals surface area (Å²) >= 11 is 0.